The van der Waals surface area contributed by atoms with Gasteiger partial charge < -0.3 is 21.1 Å². The van der Waals surface area contributed by atoms with Gasteiger partial charge in [0, 0.05) is 51.1 Å². The van der Waals surface area contributed by atoms with Crippen LogP contribution in [-0.2, 0) is 6.42 Å². The van der Waals surface area contributed by atoms with E-state index in [2.05, 4.69) is 27.3 Å². The Morgan fingerprint density at radius 2 is 1.76 bits per heavy atom. The van der Waals surface area contributed by atoms with Gasteiger partial charge in [0.25, 0.3) is 0 Å². The predicted octanol–water partition coefficient (Wildman–Crippen LogP) is 1.61. The highest BCUT2D eigenvalue weighted by atomic mass is 19.1. The molecule has 4 N–H and O–H groups in total. The number of pyridine rings is 1. The molecule has 1 atom stereocenters. The van der Waals surface area contributed by atoms with Crippen LogP contribution in [0.25, 0.3) is 11.1 Å². The van der Waals surface area contributed by atoms with E-state index in [-0.39, 0.29) is 0 Å². The summed E-state index contributed by atoms with van der Waals surface area (Å²) in [6.07, 6.45) is 2.48. The lowest BCUT2D eigenvalue weighted by Crippen LogP contribution is -2.43. The van der Waals surface area contributed by atoms with Gasteiger partial charge in [0.2, 0.25) is 0 Å². The van der Waals surface area contributed by atoms with Crippen LogP contribution in [0, 0.1) is 0 Å². The molecular formula is C19H27FN4O. The number of nitrogens with one attached hydrogen (secondary N) is 1. The van der Waals surface area contributed by atoms with E-state index in [9.17, 15) is 4.39 Å². The van der Waals surface area contributed by atoms with Gasteiger partial charge in [-0.25, -0.2) is 9.37 Å². The van der Waals surface area contributed by atoms with Gasteiger partial charge in [0.05, 0.1) is 0 Å². The van der Waals surface area contributed by atoms with Crippen molar-refractivity contribution in [3.05, 3.63) is 48.2 Å². The van der Waals surface area contributed by atoms with Crippen LogP contribution >= 0.6 is 0 Å². The number of aliphatic hydroxyl groups is 1. The molecule has 2 aromatic rings. The van der Waals surface area contributed by atoms with Crippen molar-refractivity contribution in [1.29, 1.82) is 0 Å². The van der Waals surface area contributed by atoms with Crippen LogP contribution in [0.2, 0.25) is 0 Å². The molecule has 2 heterocycles. The smallest absolute Gasteiger partial charge is 0.128 e. The van der Waals surface area contributed by atoms with E-state index in [1.807, 2.05) is 30.5 Å². The van der Waals surface area contributed by atoms with Crippen LogP contribution in [0.15, 0.2) is 42.6 Å². The largest absolute Gasteiger partial charge is 0.400 e. The number of piperazine rings is 1. The quantitative estimate of drug-likeness (QED) is 0.767. The van der Waals surface area contributed by atoms with Gasteiger partial charge >= 0.3 is 0 Å². The van der Waals surface area contributed by atoms with Crippen LogP contribution in [-0.4, -0.2) is 56.1 Å². The number of aromatic nitrogens is 1. The zero-order valence-corrected chi connectivity index (χ0v) is 14.7. The lowest BCUT2D eigenvalue weighted by Gasteiger charge is -2.28. The van der Waals surface area contributed by atoms with Gasteiger partial charge in [-0.2, -0.15) is 0 Å². The summed E-state index contributed by atoms with van der Waals surface area (Å²) in [5, 5.41) is 10.3. The molecule has 0 aliphatic carbocycles. The first-order chi connectivity index (χ1) is 12.3. The number of hydrogen-bond acceptors (Lipinski definition) is 5. The zero-order valence-electron chi connectivity index (χ0n) is 14.7. The second-order valence-corrected chi connectivity index (χ2v) is 5.96. The molecule has 0 radical (unpaired) electrons. The van der Waals surface area contributed by atoms with Crippen LogP contribution in [0.3, 0.4) is 0 Å². The molecule has 0 amide bonds. The molecule has 5 nitrogen and oxygen atoms in total. The van der Waals surface area contributed by atoms with Gasteiger partial charge in [0.1, 0.15) is 12.5 Å². The Morgan fingerprint density at radius 1 is 1.12 bits per heavy atom. The number of benzene rings is 1. The fourth-order valence-electron chi connectivity index (χ4n) is 2.83. The van der Waals surface area contributed by atoms with Crippen molar-refractivity contribution in [2.24, 2.45) is 5.73 Å². The molecule has 1 aromatic carbocycles. The molecule has 136 valence electrons. The molecule has 0 spiro atoms. The van der Waals surface area contributed by atoms with Crippen LogP contribution in [0.5, 0.6) is 0 Å². The average molecular weight is 346 g/mol. The van der Waals surface area contributed by atoms with Crippen molar-refractivity contribution in [3.63, 3.8) is 0 Å². The highest BCUT2D eigenvalue weighted by Gasteiger charge is 2.11. The Balaban J connectivity index is 0.00000109. The standard InChI is InChI=1S/C18H23FN4.CH4O/c19-12-17(20)11-14-1-3-15(4-2-14)16-5-6-18(22-13-16)23-9-7-21-8-10-23;1-2/h1-6,13,17,21H,7-12,20H2;2H,1H3. The van der Waals surface area contributed by atoms with Crippen molar-refractivity contribution < 1.29 is 9.50 Å². The Kier molecular flexibility index (Phi) is 7.78. The molecule has 25 heavy (non-hydrogen) atoms. The van der Waals surface area contributed by atoms with E-state index in [0.717, 1.165) is 55.8 Å². The monoisotopic (exact) mass is 346 g/mol. The minimum Gasteiger partial charge on any atom is -0.400 e. The summed E-state index contributed by atoms with van der Waals surface area (Å²) in [5.41, 5.74) is 8.91. The number of aliphatic hydroxyl groups excluding tert-OH is 1. The predicted molar refractivity (Wildman–Crippen MR) is 101 cm³/mol. The Hall–Kier alpha value is -2.02. The molecule has 1 aromatic heterocycles. The Morgan fingerprint density at radius 3 is 2.32 bits per heavy atom. The van der Waals surface area contributed by atoms with Crippen molar-refractivity contribution in [2.45, 2.75) is 12.5 Å². The van der Waals surface area contributed by atoms with Crippen molar-refractivity contribution in [1.82, 2.24) is 10.3 Å². The maximum absolute atomic E-state index is 12.5. The zero-order chi connectivity index (χ0) is 18.1. The summed E-state index contributed by atoms with van der Waals surface area (Å²) in [4.78, 5) is 6.88. The van der Waals surface area contributed by atoms with Crippen LogP contribution < -0.4 is 16.0 Å². The van der Waals surface area contributed by atoms with Crippen LogP contribution in [0.4, 0.5) is 10.2 Å². The first-order valence-electron chi connectivity index (χ1n) is 8.53. The van der Waals surface area contributed by atoms with Gasteiger partial charge in [-0.05, 0) is 29.7 Å². The second-order valence-electron chi connectivity index (χ2n) is 5.96. The third-order valence-corrected chi connectivity index (χ3v) is 4.17. The van der Waals surface area contributed by atoms with Crippen molar-refractivity contribution in [2.75, 3.05) is 44.9 Å². The van der Waals surface area contributed by atoms with Crippen molar-refractivity contribution in [3.8, 4) is 11.1 Å². The minimum absolute atomic E-state index is 0.416. The van der Waals surface area contributed by atoms with Gasteiger partial charge in [-0.1, -0.05) is 24.3 Å². The highest BCUT2D eigenvalue weighted by Crippen LogP contribution is 2.22. The second kappa shape index (κ2) is 10.1. The normalized spacial score (nSPS) is 15.3. The Bertz CT molecular complexity index is 612. The molecule has 3 rings (SSSR count). The van der Waals surface area contributed by atoms with Crippen LogP contribution in [0.1, 0.15) is 5.56 Å². The first-order valence-corrected chi connectivity index (χ1v) is 8.53. The van der Waals surface area contributed by atoms with E-state index in [1.54, 1.807) is 0 Å². The van der Waals surface area contributed by atoms with E-state index in [1.165, 1.54) is 0 Å². The third-order valence-electron chi connectivity index (χ3n) is 4.17. The maximum atomic E-state index is 12.5. The molecule has 0 bridgehead atoms. The van der Waals surface area contributed by atoms with Gasteiger partial charge in [-0.15, -0.1) is 0 Å². The molecule has 6 heteroatoms. The average Bonchev–Trinajstić information content (AvgIpc) is 2.71. The van der Waals surface area contributed by atoms with Gasteiger partial charge in [-0.3, -0.25) is 0 Å². The van der Waals surface area contributed by atoms with Gasteiger partial charge in [0.15, 0.2) is 0 Å². The fourth-order valence-corrected chi connectivity index (χ4v) is 2.83. The molecule has 1 aliphatic heterocycles. The molecule has 1 saturated heterocycles. The van der Waals surface area contributed by atoms with Crippen molar-refractivity contribution >= 4 is 5.82 Å². The van der Waals surface area contributed by atoms with E-state index in [0.29, 0.717) is 6.42 Å². The minimum atomic E-state index is -0.487. The van der Waals surface area contributed by atoms with E-state index >= 15 is 0 Å². The molecular weight excluding hydrogens is 319 g/mol. The molecule has 1 unspecified atom stereocenters. The number of halogens is 1. The summed E-state index contributed by atoms with van der Waals surface area (Å²) in [7, 11) is 1.00. The number of alkyl halides is 1. The summed E-state index contributed by atoms with van der Waals surface area (Å²) < 4.78 is 12.5. The molecule has 1 fully saturated rings. The first kappa shape index (κ1) is 19.3. The fraction of sp³-hybridized carbons (Fsp3) is 0.421. The summed E-state index contributed by atoms with van der Waals surface area (Å²) in [6.45, 7) is 3.52. The number of anilines is 1. The lowest BCUT2D eigenvalue weighted by atomic mass is 10.0. The summed E-state index contributed by atoms with van der Waals surface area (Å²) in [6, 6.07) is 11.9. The molecule has 1 aliphatic rings. The van der Waals surface area contributed by atoms with E-state index < -0.39 is 12.7 Å². The summed E-state index contributed by atoms with van der Waals surface area (Å²) in [5.74, 6) is 1.03. The lowest BCUT2D eigenvalue weighted by molar-refractivity contribution is 0.399. The highest BCUT2D eigenvalue weighted by molar-refractivity contribution is 5.64. The SMILES string of the molecule is CO.NC(CF)Cc1ccc(-c2ccc(N3CCNCC3)nc2)cc1. The molecule has 0 saturated carbocycles. The number of hydrogen-bond donors (Lipinski definition) is 3. The maximum Gasteiger partial charge on any atom is 0.128 e. The number of nitrogens with two attached hydrogens (primary N) is 1. The topological polar surface area (TPSA) is 74.4 Å². The van der Waals surface area contributed by atoms with E-state index in [4.69, 9.17) is 10.8 Å². The Labute approximate surface area is 148 Å². The third kappa shape index (κ3) is 5.49. The summed E-state index contributed by atoms with van der Waals surface area (Å²) >= 11 is 0. The number of rotatable bonds is 5. The number of nitrogens with zero attached hydrogens (tertiary/aromatic N) is 2.